The highest BCUT2D eigenvalue weighted by Crippen LogP contribution is 2.29. The monoisotopic (exact) mass is 348 g/mol. The Balaban J connectivity index is 1.72. The molecule has 0 fully saturated rings. The molecule has 0 amide bonds. The van der Waals surface area contributed by atoms with Crippen LogP contribution >= 0.6 is 0 Å². The minimum atomic E-state index is 0.0671. The Hall–Kier alpha value is -2.26. The fraction of sp³-hybridized carbons (Fsp3) is 0.391. The van der Waals surface area contributed by atoms with Gasteiger partial charge in [0.2, 0.25) is 0 Å². The zero-order valence-electron chi connectivity index (χ0n) is 16.2. The number of hydrogen-bond acceptors (Lipinski definition) is 3. The first-order chi connectivity index (χ1) is 12.4. The average Bonchev–Trinajstić information content (AvgIpc) is 3.09. The normalized spacial score (nSPS) is 16.8. The van der Waals surface area contributed by atoms with E-state index in [0.29, 0.717) is 0 Å². The van der Waals surface area contributed by atoms with Crippen LogP contribution in [0, 0.1) is 6.92 Å². The largest absolute Gasteiger partial charge is 0.392 e. The van der Waals surface area contributed by atoms with E-state index in [1.54, 1.807) is 0 Å². The smallest absolute Gasteiger partial charge is 0.138 e. The zero-order chi connectivity index (χ0) is 18.7. The van der Waals surface area contributed by atoms with E-state index >= 15 is 0 Å². The number of hydrogen-bond donors (Lipinski definition) is 1. The Morgan fingerprint density at radius 3 is 2.42 bits per heavy atom. The van der Waals surface area contributed by atoms with Crippen LogP contribution in [0.15, 0.2) is 54.4 Å². The first kappa shape index (κ1) is 18.5. The lowest BCUT2D eigenvalue weighted by Gasteiger charge is -2.24. The number of aromatic nitrogens is 2. The number of aliphatic hydroxyl groups is 1. The number of nitrogens with zero attached hydrogens (tertiary/aromatic N) is 2. The summed E-state index contributed by atoms with van der Waals surface area (Å²) in [5.41, 5.74) is 6.45. The van der Waals surface area contributed by atoms with Crippen LogP contribution < -0.4 is 0 Å². The average molecular weight is 348 g/mol. The molecule has 2 aromatic rings. The zero-order valence-corrected chi connectivity index (χ0v) is 16.2. The van der Waals surface area contributed by atoms with E-state index in [9.17, 15) is 5.11 Å². The lowest BCUT2D eigenvalue weighted by Crippen LogP contribution is -2.15. The molecule has 3 rings (SSSR count). The van der Waals surface area contributed by atoms with Crippen LogP contribution in [0.2, 0.25) is 0 Å². The predicted octanol–water partition coefficient (Wildman–Crippen LogP) is 4.44. The summed E-state index contributed by atoms with van der Waals surface area (Å²) in [6, 6.07) is 6.60. The molecule has 3 nitrogen and oxygen atoms in total. The third kappa shape index (κ3) is 4.10. The molecule has 1 atom stereocenters. The van der Waals surface area contributed by atoms with Crippen molar-refractivity contribution < 1.29 is 5.11 Å². The Morgan fingerprint density at radius 1 is 1.08 bits per heavy atom. The molecule has 26 heavy (non-hydrogen) atoms. The second kappa shape index (κ2) is 7.55. The molecule has 0 aliphatic heterocycles. The maximum absolute atomic E-state index is 9.19. The van der Waals surface area contributed by atoms with Crippen molar-refractivity contribution in [2.24, 2.45) is 0 Å². The first-order valence-electron chi connectivity index (χ1n) is 9.28. The van der Waals surface area contributed by atoms with E-state index in [-0.39, 0.29) is 17.9 Å². The van der Waals surface area contributed by atoms with Crippen LogP contribution in [0.5, 0.6) is 0 Å². The maximum atomic E-state index is 9.19. The van der Waals surface area contributed by atoms with Crippen molar-refractivity contribution in [3.05, 3.63) is 82.5 Å². The van der Waals surface area contributed by atoms with Crippen LogP contribution in [0.3, 0.4) is 0 Å². The van der Waals surface area contributed by atoms with Gasteiger partial charge in [-0.2, -0.15) is 0 Å². The Morgan fingerprint density at radius 2 is 1.81 bits per heavy atom. The molecular formula is C23H28N2O. The van der Waals surface area contributed by atoms with E-state index in [1.165, 1.54) is 16.7 Å². The molecule has 0 saturated heterocycles. The van der Waals surface area contributed by atoms with Gasteiger partial charge in [0, 0.05) is 12.4 Å². The van der Waals surface area contributed by atoms with Gasteiger partial charge < -0.3 is 5.11 Å². The maximum Gasteiger partial charge on any atom is 0.138 e. The topological polar surface area (TPSA) is 46.0 Å². The molecule has 1 aromatic heterocycles. The summed E-state index contributed by atoms with van der Waals surface area (Å²) in [7, 11) is 0. The van der Waals surface area contributed by atoms with E-state index in [1.807, 2.05) is 30.6 Å². The Bertz CT molecular complexity index is 826. The summed E-state index contributed by atoms with van der Waals surface area (Å²) >= 11 is 0. The van der Waals surface area contributed by atoms with E-state index in [2.05, 4.69) is 55.9 Å². The molecule has 0 saturated carbocycles. The van der Waals surface area contributed by atoms with Crippen LogP contribution in [0.25, 0.3) is 0 Å². The van der Waals surface area contributed by atoms with Gasteiger partial charge in [-0.15, -0.1) is 0 Å². The number of aliphatic hydroxyl groups excluding tert-OH is 1. The van der Waals surface area contributed by atoms with Gasteiger partial charge in [0.15, 0.2) is 0 Å². The third-order valence-electron chi connectivity index (χ3n) is 5.00. The highest BCUT2D eigenvalue weighted by Gasteiger charge is 2.19. The summed E-state index contributed by atoms with van der Waals surface area (Å²) in [6.07, 6.45) is 11.8. The molecule has 0 spiro atoms. The van der Waals surface area contributed by atoms with Crippen LogP contribution in [-0.2, 0) is 18.3 Å². The van der Waals surface area contributed by atoms with Crippen molar-refractivity contribution in [1.82, 2.24) is 9.97 Å². The van der Waals surface area contributed by atoms with E-state index in [4.69, 9.17) is 0 Å². The summed E-state index contributed by atoms with van der Waals surface area (Å²) in [4.78, 5) is 9.09. The quantitative estimate of drug-likeness (QED) is 0.869. The van der Waals surface area contributed by atoms with Gasteiger partial charge in [0.25, 0.3) is 0 Å². The molecule has 0 radical (unpaired) electrons. The summed E-state index contributed by atoms with van der Waals surface area (Å²) < 4.78 is 0. The van der Waals surface area contributed by atoms with Gasteiger partial charge in [-0.25, -0.2) is 9.97 Å². The van der Waals surface area contributed by atoms with Crippen molar-refractivity contribution >= 4 is 0 Å². The molecule has 136 valence electrons. The van der Waals surface area contributed by atoms with Crippen molar-refractivity contribution in [1.29, 1.82) is 0 Å². The molecule has 3 heteroatoms. The number of aryl methyl sites for hydroxylation is 2. The Labute approximate surface area is 156 Å². The van der Waals surface area contributed by atoms with Gasteiger partial charge >= 0.3 is 0 Å². The van der Waals surface area contributed by atoms with E-state index in [0.717, 1.165) is 29.8 Å². The summed E-state index contributed by atoms with van der Waals surface area (Å²) in [5, 5.41) is 9.19. The lowest BCUT2D eigenvalue weighted by molar-refractivity contribution is 0.335. The Kier molecular flexibility index (Phi) is 5.38. The van der Waals surface area contributed by atoms with Crippen molar-refractivity contribution in [3.63, 3.8) is 0 Å². The van der Waals surface area contributed by atoms with Gasteiger partial charge in [-0.05, 0) is 53.0 Å². The van der Waals surface area contributed by atoms with Crippen molar-refractivity contribution in [3.8, 4) is 0 Å². The second-order valence-electron chi connectivity index (χ2n) is 8.09. The van der Waals surface area contributed by atoms with Crippen LogP contribution in [0.1, 0.15) is 54.8 Å². The van der Waals surface area contributed by atoms with Gasteiger partial charge in [0.05, 0.1) is 12.5 Å². The molecule has 1 N–H and O–H groups in total. The highest BCUT2D eigenvalue weighted by molar-refractivity contribution is 5.39. The fourth-order valence-electron chi connectivity index (χ4n) is 3.51. The highest BCUT2D eigenvalue weighted by atomic mass is 16.3. The number of rotatable bonds is 5. The standard InChI is InChI=1S/C23H28N2O/c1-16-6-5-7-21(23(2,3)4)20(16)11-9-18-13-24-22(25-14-18)19-10-8-17(12-19)15-26/h5-8,10,12-14,19,26H,9,11,15H2,1-4H3. The molecule has 1 unspecified atom stereocenters. The predicted molar refractivity (Wildman–Crippen MR) is 106 cm³/mol. The minimum Gasteiger partial charge on any atom is -0.392 e. The second-order valence-corrected chi connectivity index (χ2v) is 8.09. The molecule has 0 bridgehead atoms. The van der Waals surface area contributed by atoms with Crippen LogP contribution in [0.4, 0.5) is 0 Å². The number of allylic oxidation sites excluding steroid dienone is 2. The van der Waals surface area contributed by atoms with E-state index < -0.39 is 0 Å². The first-order valence-corrected chi connectivity index (χ1v) is 9.28. The molecule has 1 heterocycles. The minimum absolute atomic E-state index is 0.0671. The van der Waals surface area contributed by atoms with Gasteiger partial charge in [0.1, 0.15) is 5.82 Å². The van der Waals surface area contributed by atoms with Crippen molar-refractivity contribution in [2.45, 2.75) is 51.9 Å². The fourth-order valence-corrected chi connectivity index (χ4v) is 3.51. The third-order valence-corrected chi connectivity index (χ3v) is 5.00. The molecule has 1 aliphatic carbocycles. The summed E-state index contributed by atoms with van der Waals surface area (Å²) in [5.74, 6) is 0.870. The van der Waals surface area contributed by atoms with Crippen LogP contribution in [-0.4, -0.2) is 21.7 Å². The summed E-state index contributed by atoms with van der Waals surface area (Å²) in [6.45, 7) is 9.07. The molecular weight excluding hydrogens is 320 g/mol. The number of benzene rings is 1. The molecule has 1 aliphatic rings. The van der Waals surface area contributed by atoms with Crippen molar-refractivity contribution in [2.75, 3.05) is 6.61 Å². The molecule has 1 aromatic carbocycles. The SMILES string of the molecule is Cc1cccc(C(C)(C)C)c1CCc1cnc(C2C=CC(CO)=C2)nc1. The lowest BCUT2D eigenvalue weighted by atomic mass is 9.81. The van der Waals surface area contributed by atoms with Gasteiger partial charge in [-0.3, -0.25) is 0 Å². The van der Waals surface area contributed by atoms with Gasteiger partial charge in [-0.1, -0.05) is 57.2 Å².